The summed E-state index contributed by atoms with van der Waals surface area (Å²) < 4.78 is 13.4. The molecule has 0 spiro atoms. The average molecular weight is 298 g/mol. The molecular weight excluding hydrogens is 271 g/mol. The molecule has 0 nitrogen and oxygen atoms in total. The second-order valence-electron chi connectivity index (χ2n) is 8.22. The van der Waals surface area contributed by atoms with Crippen LogP contribution in [0.5, 0.6) is 0 Å². The van der Waals surface area contributed by atoms with Gasteiger partial charge in [0, 0.05) is 0 Å². The molecule has 0 aromatic heterocycles. The van der Waals surface area contributed by atoms with Gasteiger partial charge in [0.2, 0.25) is 0 Å². The van der Waals surface area contributed by atoms with Crippen LogP contribution in [0.4, 0.5) is 4.39 Å². The summed E-state index contributed by atoms with van der Waals surface area (Å²) in [6, 6.07) is 6.76. The fourth-order valence-corrected chi connectivity index (χ4v) is 2.59. The van der Waals surface area contributed by atoms with Gasteiger partial charge in [-0.2, -0.15) is 0 Å². The molecule has 22 heavy (non-hydrogen) atoms. The minimum atomic E-state index is -0.190. The number of allylic oxidation sites excluding steroid dienone is 5. The van der Waals surface area contributed by atoms with E-state index in [-0.39, 0.29) is 16.6 Å². The van der Waals surface area contributed by atoms with Crippen molar-refractivity contribution in [3.05, 3.63) is 64.5 Å². The van der Waals surface area contributed by atoms with Crippen molar-refractivity contribution >= 4 is 6.08 Å². The fourth-order valence-electron chi connectivity index (χ4n) is 2.59. The zero-order valence-electron chi connectivity index (χ0n) is 14.6. The molecule has 0 aliphatic heterocycles. The number of benzene rings is 1. The van der Waals surface area contributed by atoms with E-state index in [4.69, 9.17) is 0 Å². The third-order valence-corrected chi connectivity index (χ3v) is 4.17. The van der Waals surface area contributed by atoms with E-state index in [2.05, 4.69) is 59.8 Å². The average Bonchev–Trinajstić information content (AvgIpc) is 2.36. The number of halogens is 1. The van der Waals surface area contributed by atoms with Crippen LogP contribution in [-0.4, -0.2) is 0 Å². The highest BCUT2D eigenvalue weighted by atomic mass is 19.1. The fraction of sp³-hybridized carbons (Fsp3) is 0.429. The minimum Gasteiger partial charge on any atom is -0.207 e. The van der Waals surface area contributed by atoms with Crippen molar-refractivity contribution in [1.82, 2.24) is 0 Å². The Morgan fingerprint density at radius 1 is 0.909 bits per heavy atom. The van der Waals surface area contributed by atoms with Crippen molar-refractivity contribution in [2.24, 2.45) is 10.8 Å². The van der Waals surface area contributed by atoms with Gasteiger partial charge in [-0.05, 0) is 46.6 Å². The first kappa shape index (κ1) is 16.7. The van der Waals surface area contributed by atoms with E-state index in [1.54, 1.807) is 12.1 Å². The Kier molecular flexibility index (Phi) is 4.47. The summed E-state index contributed by atoms with van der Waals surface area (Å²) in [5.41, 5.74) is 5.22. The highest BCUT2D eigenvalue weighted by Gasteiger charge is 2.26. The maximum absolute atomic E-state index is 13.4. The van der Waals surface area contributed by atoms with Crippen LogP contribution < -0.4 is 0 Å². The number of rotatable bonds is 1. The van der Waals surface area contributed by atoms with Gasteiger partial charge in [-0.3, -0.25) is 0 Å². The van der Waals surface area contributed by atoms with E-state index in [9.17, 15) is 4.39 Å². The Bertz CT molecular complexity index is 611. The highest BCUT2D eigenvalue weighted by molar-refractivity contribution is 5.62. The summed E-state index contributed by atoms with van der Waals surface area (Å²) in [5, 5.41) is 0. The van der Waals surface area contributed by atoms with Crippen molar-refractivity contribution in [2.45, 2.75) is 48.0 Å². The molecule has 1 heteroatoms. The Balaban J connectivity index is 2.48. The van der Waals surface area contributed by atoms with Gasteiger partial charge in [0.25, 0.3) is 0 Å². The van der Waals surface area contributed by atoms with Crippen LogP contribution in [0, 0.1) is 16.6 Å². The predicted octanol–water partition coefficient (Wildman–Crippen LogP) is 6.56. The van der Waals surface area contributed by atoms with Crippen molar-refractivity contribution in [3.8, 4) is 0 Å². The molecule has 1 aliphatic rings. The van der Waals surface area contributed by atoms with Gasteiger partial charge in [0.1, 0.15) is 5.82 Å². The molecule has 0 N–H and O–H groups in total. The smallest absolute Gasteiger partial charge is 0.123 e. The third kappa shape index (κ3) is 4.19. The van der Waals surface area contributed by atoms with Crippen LogP contribution in [0.25, 0.3) is 6.08 Å². The van der Waals surface area contributed by atoms with Gasteiger partial charge >= 0.3 is 0 Å². The third-order valence-electron chi connectivity index (χ3n) is 4.17. The number of hydrogen-bond acceptors (Lipinski definition) is 0. The molecule has 0 atom stereocenters. The molecule has 0 saturated heterocycles. The topological polar surface area (TPSA) is 0 Å². The van der Waals surface area contributed by atoms with Gasteiger partial charge in [-0.25, -0.2) is 4.39 Å². The minimum absolute atomic E-state index is 0.145. The molecule has 1 aliphatic carbocycles. The zero-order chi connectivity index (χ0) is 16.5. The quantitative estimate of drug-likeness (QED) is 0.551. The van der Waals surface area contributed by atoms with E-state index in [1.165, 1.54) is 17.2 Å². The largest absolute Gasteiger partial charge is 0.207 e. The van der Waals surface area contributed by atoms with E-state index in [0.717, 1.165) is 17.6 Å². The predicted molar refractivity (Wildman–Crippen MR) is 94.1 cm³/mol. The van der Waals surface area contributed by atoms with Crippen molar-refractivity contribution in [2.75, 3.05) is 0 Å². The lowest BCUT2D eigenvalue weighted by molar-refractivity contribution is 0.447. The summed E-state index contributed by atoms with van der Waals surface area (Å²) in [6.45, 7) is 13.5. The molecule has 2 rings (SSSR count). The molecule has 0 bridgehead atoms. The van der Waals surface area contributed by atoms with E-state index in [0.29, 0.717) is 0 Å². The summed E-state index contributed by atoms with van der Waals surface area (Å²) in [5.74, 6) is -0.190. The molecule has 0 amide bonds. The monoisotopic (exact) mass is 298 g/mol. The highest BCUT2D eigenvalue weighted by Crippen LogP contribution is 2.41. The molecule has 0 fully saturated rings. The Morgan fingerprint density at radius 3 is 1.91 bits per heavy atom. The first-order valence-electron chi connectivity index (χ1n) is 7.95. The van der Waals surface area contributed by atoms with Crippen LogP contribution >= 0.6 is 0 Å². The lowest BCUT2D eigenvalue weighted by Gasteiger charge is -2.33. The standard InChI is InChI=1S/C21H27F/c1-20(2,3)17-11-16(12-18(14-17)21(4,5)6)10-15-8-7-9-19(22)13-15/h7-13H,14H2,1-6H3. The van der Waals surface area contributed by atoms with Gasteiger partial charge in [-0.1, -0.05) is 77.0 Å². The Hall–Kier alpha value is -1.63. The molecule has 0 unspecified atom stereocenters. The summed E-state index contributed by atoms with van der Waals surface area (Å²) in [6.07, 6.45) is 7.62. The van der Waals surface area contributed by atoms with Crippen LogP contribution in [0.2, 0.25) is 0 Å². The SMILES string of the molecule is CC(C)(C)C1=CC(=Cc2cccc(F)c2)C=C(C(C)(C)C)C1. The maximum Gasteiger partial charge on any atom is 0.123 e. The lowest BCUT2D eigenvalue weighted by Crippen LogP contribution is -2.18. The molecule has 118 valence electrons. The van der Waals surface area contributed by atoms with Gasteiger partial charge in [0.15, 0.2) is 0 Å². The van der Waals surface area contributed by atoms with Crippen LogP contribution in [0.15, 0.2) is 53.1 Å². The Morgan fingerprint density at radius 2 is 1.45 bits per heavy atom. The second-order valence-corrected chi connectivity index (χ2v) is 8.22. The second kappa shape index (κ2) is 5.87. The lowest BCUT2D eigenvalue weighted by atomic mass is 9.72. The van der Waals surface area contributed by atoms with E-state index in [1.807, 2.05) is 6.07 Å². The summed E-state index contributed by atoms with van der Waals surface area (Å²) >= 11 is 0. The van der Waals surface area contributed by atoms with Crippen LogP contribution in [0.3, 0.4) is 0 Å². The molecule has 0 saturated carbocycles. The maximum atomic E-state index is 13.4. The van der Waals surface area contributed by atoms with Crippen molar-refractivity contribution in [3.63, 3.8) is 0 Å². The molecule has 0 heterocycles. The van der Waals surface area contributed by atoms with Gasteiger partial charge < -0.3 is 0 Å². The van der Waals surface area contributed by atoms with Crippen LogP contribution in [0.1, 0.15) is 53.5 Å². The number of hydrogen-bond donors (Lipinski definition) is 0. The molecule has 1 aromatic carbocycles. The van der Waals surface area contributed by atoms with Crippen molar-refractivity contribution in [1.29, 1.82) is 0 Å². The Labute approximate surface area is 134 Å². The normalized spacial score (nSPS) is 16.2. The van der Waals surface area contributed by atoms with E-state index < -0.39 is 0 Å². The molecular formula is C21H27F. The van der Waals surface area contributed by atoms with Crippen LogP contribution in [-0.2, 0) is 0 Å². The van der Waals surface area contributed by atoms with E-state index >= 15 is 0 Å². The summed E-state index contributed by atoms with van der Waals surface area (Å²) in [7, 11) is 0. The van der Waals surface area contributed by atoms with Crippen molar-refractivity contribution < 1.29 is 4.39 Å². The first-order chi connectivity index (χ1) is 10.1. The van der Waals surface area contributed by atoms with Gasteiger partial charge in [0.05, 0.1) is 0 Å². The first-order valence-corrected chi connectivity index (χ1v) is 7.95. The molecule has 1 aromatic rings. The zero-order valence-corrected chi connectivity index (χ0v) is 14.6. The van der Waals surface area contributed by atoms with Gasteiger partial charge in [-0.15, -0.1) is 0 Å². The summed E-state index contributed by atoms with van der Waals surface area (Å²) in [4.78, 5) is 0. The molecule has 0 radical (unpaired) electrons.